The van der Waals surface area contributed by atoms with Gasteiger partial charge in [0.15, 0.2) is 0 Å². The molecule has 1 rings (SSSR count). The van der Waals surface area contributed by atoms with E-state index in [2.05, 4.69) is 0 Å². The van der Waals surface area contributed by atoms with Gasteiger partial charge >= 0.3 is 0 Å². The van der Waals surface area contributed by atoms with Crippen LogP contribution in [-0.2, 0) is 5.60 Å². The van der Waals surface area contributed by atoms with Gasteiger partial charge in [0, 0.05) is 5.56 Å². The standard InChI is InChI=1S/C12H16F2O/c1-4-8(2)12(3,15)10-7-9(13)5-6-11(10)14/h5-8,15H,4H2,1-3H3. The second-order valence-electron chi connectivity index (χ2n) is 4.08. The molecule has 1 N–H and O–H groups in total. The van der Waals surface area contributed by atoms with Crippen LogP contribution in [0.5, 0.6) is 0 Å². The smallest absolute Gasteiger partial charge is 0.129 e. The van der Waals surface area contributed by atoms with Crippen molar-refractivity contribution in [3.63, 3.8) is 0 Å². The van der Waals surface area contributed by atoms with Crippen LogP contribution < -0.4 is 0 Å². The molecule has 0 aliphatic rings. The first kappa shape index (κ1) is 12.1. The highest BCUT2D eigenvalue weighted by atomic mass is 19.1. The number of aliphatic hydroxyl groups is 1. The zero-order chi connectivity index (χ0) is 11.6. The van der Waals surface area contributed by atoms with Crippen molar-refractivity contribution in [2.24, 2.45) is 5.92 Å². The van der Waals surface area contributed by atoms with E-state index in [0.29, 0.717) is 6.42 Å². The molecule has 2 unspecified atom stereocenters. The van der Waals surface area contributed by atoms with Gasteiger partial charge in [-0.15, -0.1) is 0 Å². The Balaban J connectivity index is 3.19. The van der Waals surface area contributed by atoms with E-state index in [1.807, 2.05) is 13.8 Å². The van der Waals surface area contributed by atoms with Crippen LogP contribution in [0, 0.1) is 17.6 Å². The third kappa shape index (κ3) is 2.34. The molecule has 1 nitrogen and oxygen atoms in total. The maximum absolute atomic E-state index is 13.4. The number of hydrogen-bond acceptors (Lipinski definition) is 1. The molecule has 3 heteroatoms. The number of hydrogen-bond donors (Lipinski definition) is 1. The van der Waals surface area contributed by atoms with Gasteiger partial charge in [-0.05, 0) is 31.0 Å². The molecule has 0 radical (unpaired) electrons. The zero-order valence-corrected chi connectivity index (χ0v) is 9.22. The second kappa shape index (κ2) is 4.27. The van der Waals surface area contributed by atoms with Gasteiger partial charge in [-0.1, -0.05) is 20.3 Å². The van der Waals surface area contributed by atoms with Gasteiger partial charge in [0.1, 0.15) is 11.6 Å². The lowest BCUT2D eigenvalue weighted by atomic mass is 9.82. The average molecular weight is 214 g/mol. The highest BCUT2D eigenvalue weighted by Crippen LogP contribution is 2.33. The van der Waals surface area contributed by atoms with E-state index in [1.165, 1.54) is 6.92 Å². The van der Waals surface area contributed by atoms with Crippen LogP contribution in [0.3, 0.4) is 0 Å². The molecule has 0 saturated carbocycles. The van der Waals surface area contributed by atoms with Gasteiger partial charge in [0.2, 0.25) is 0 Å². The third-order valence-electron chi connectivity index (χ3n) is 3.05. The molecule has 0 spiro atoms. The summed E-state index contributed by atoms with van der Waals surface area (Å²) in [6, 6.07) is 3.15. The van der Waals surface area contributed by atoms with Crippen molar-refractivity contribution in [3.05, 3.63) is 35.4 Å². The molecule has 0 aromatic heterocycles. The van der Waals surface area contributed by atoms with E-state index in [1.54, 1.807) is 0 Å². The van der Waals surface area contributed by atoms with Gasteiger partial charge in [0.05, 0.1) is 5.60 Å². The molecule has 0 saturated heterocycles. The Labute approximate surface area is 88.7 Å². The van der Waals surface area contributed by atoms with Crippen LogP contribution in [0.2, 0.25) is 0 Å². The lowest BCUT2D eigenvalue weighted by molar-refractivity contribution is -0.00342. The minimum atomic E-state index is -1.33. The van der Waals surface area contributed by atoms with Crippen LogP contribution in [0.15, 0.2) is 18.2 Å². The Bertz CT molecular complexity index is 347. The monoisotopic (exact) mass is 214 g/mol. The third-order valence-corrected chi connectivity index (χ3v) is 3.05. The summed E-state index contributed by atoms with van der Waals surface area (Å²) >= 11 is 0. The van der Waals surface area contributed by atoms with E-state index in [0.717, 1.165) is 18.2 Å². The van der Waals surface area contributed by atoms with Gasteiger partial charge in [-0.25, -0.2) is 8.78 Å². The molecule has 0 aliphatic heterocycles. The van der Waals surface area contributed by atoms with Gasteiger partial charge in [0.25, 0.3) is 0 Å². The number of halogens is 2. The van der Waals surface area contributed by atoms with Crippen molar-refractivity contribution in [1.29, 1.82) is 0 Å². The van der Waals surface area contributed by atoms with E-state index in [-0.39, 0.29) is 11.5 Å². The zero-order valence-electron chi connectivity index (χ0n) is 9.22. The molecule has 0 aliphatic carbocycles. The molecule has 84 valence electrons. The average Bonchev–Trinajstić information content (AvgIpc) is 2.20. The molecule has 0 amide bonds. The molecule has 0 heterocycles. The Morgan fingerprint density at radius 1 is 1.40 bits per heavy atom. The minimum Gasteiger partial charge on any atom is -0.385 e. The molecule has 0 fully saturated rings. The summed E-state index contributed by atoms with van der Waals surface area (Å²) in [5.41, 5.74) is -1.31. The van der Waals surface area contributed by atoms with Crippen molar-refractivity contribution in [2.75, 3.05) is 0 Å². The van der Waals surface area contributed by atoms with Crippen LogP contribution >= 0.6 is 0 Å². The summed E-state index contributed by atoms with van der Waals surface area (Å²) in [6.45, 7) is 5.22. The lowest BCUT2D eigenvalue weighted by Gasteiger charge is -2.30. The fourth-order valence-corrected chi connectivity index (χ4v) is 1.55. The molecular weight excluding hydrogens is 198 g/mol. The second-order valence-corrected chi connectivity index (χ2v) is 4.08. The maximum atomic E-state index is 13.4. The highest BCUT2D eigenvalue weighted by Gasteiger charge is 2.32. The van der Waals surface area contributed by atoms with Crippen molar-refractivity contribution < 1.29 is 13.9 Å². The first-order chi connectivity index (χ1) is 6.89. The number of rotatable bonds is 3. The summed E-state index contributed by atoms with van der Waals surface area (Å²) in [4.78, 5) is 0. The van der Waals surface area contributed by atoms with Crippen molar-refractivity contribution in [3.8, 4) is 0 Å². The van der Waals surface area contributed by atoms with Gasteiger partial charge in [-0.3, -0.25) is 0 Å². The summed E-state index contributed by atoms with van der Waals surface area (Å²) in [5, 5.41) is 10.2. The largest absolute Gasteiger partial charge is 0.385 e. The Hall–Kier alpha value is -0.960. The van der Waals surface area contributed by atoms with Crippen molar-refractivity contribution >= 4 is 0 Å². The first-order valence-electron chi connectivity index (χ1n) is 5.07. The molecule has 2 atom stereocenters. The predicted octanol–water partition coefficient (Wildman–Crippen LogP) is 3.22. The van der Waals surface area contributed by atoms with E-state index in [9.17, 15) is 13.9 Å². The van der Waals surface area contributed by atoms with Crippen LogP contribution in [0.1, 0.15) is 32.8 Å². The minimum absolute atomic E-state index is 0.0249. The first-order valence-corrected chi connectivity index (χ1v) is 5.07. The van der Waals surface area contributed by atoms with Gasteiger partial charge in [-0.2, -0.15) is 0 Å². The fourth-order valence-electron chi connectivity index (χ4n) is 1.55. The van der Waals surface area contributed by atoms with Crippen molar-refractivity contribution in [1.82, 2.24) is 0 Å². The topological polar surface area (TPSA) is 20.2 Å². The Kier molecular flexibility index (Phi) is 3.45. The Morgan fingerprint density at radius 2 is 2.00 bits per heavy atom. The SMILES string of the molecule is CCC(C)C(C)(O)c1cc(F)ccc1F. The summed E-state index contributed by atoms with van der Waals surface area (Å²) < 4.78 is 26.4. The lowest BCUT2D eigenvalue weighted by Crippen LogP contribution is -2.30. The summed E-state index contributed by atoms with van der Waals surface area (Å²) in [5.74, 6) is -1.23. The van der Waals surface area contributed by atoms with Crippen molar-refractivity contribution in [2.45, 2.75) is 32.8 Å². The molecular formula is C12H16F2O. The van der Waals surface area contributed by atoms with E-state index >= 15 is 0 Å². The van der Waals surface area contributed by atoms with E-state index < -0.39 is 17.2 Å². The van der Waals surface area contributed by atoms with Crippen LogP contribution in [0.25, 0.3) is 0 Å². The maximum Gasteiger partial charge on any atom is 0.129 e. The summed E-state index contributed by atoms with van der Waals surface area (Å²) in [7, 11) is 0. The highest BCUT2D eigenvalue weighted by molar-refractivity contribution is 5.25. The molecule has 0 bridgehead atoms. The number of benzene rings is 1. The summed E-state index contributed by atoms with van der Waals surface area (Å²) in [6.07, 6.45) is 0.697. The van der Waals surface area contributed by atoms with Gasteiger partial charge < -0.3 is 5.11 Å². The predicted molar refractivity (Wildman–Crippen MR) is 55.4 cm³/mol. The molecule has 1 aromatic rings. The Morgan fingerprint density at radius 3 is 2.53 bits per heavy atom. The van der Waals surface area contributed by atoms with E-state index in [4.69, 9.17) is 0 Å². The normalized spacial score (nSPS) is 17.2. The molecule has 15 heavy (non-hydrogen) atoms. The fraction of sp³-hybridized carbons (Fsp3) is 0.500. The van der Waals surface area contributed by atoms with Crippen LogP contribution in [0.4, 0.5) is 8.78 Å². The molecule has 1 aromatic carbocycles. The quantitative estimate of drug-likeness (QED) is 0.819. The van der Waals surface area contributed by atoms with Crippen LogP contribution in [-0.4, -0.2) is 5.11 Å².